The van der Waals surface area contributed by atoms with Crippen LogP contribution < -0.4 is 10.2 Å². The molecule has 0 radical (unpaired) electrons. The number of carbonyl (C=O) groups is 1. The summed E-state index contributed by atoms with van der Waals surface area (Å²) in [6.07, 6.45) is 2.90. The van der Waals surface area contributed by atoms with Gasteiger partial charge in [-0.15, -0.1) is 0 Å². The fourth-order valence-electron chi connectivity index (χ4n) is 3.54. The number of anilines is 1. The Hall–Kier alpha value is -1.59. The van der Waals surface area contributed by atoms with Crippen molar-refractivity contribution in [3.8, 4) is 0 Å². The van der Waals surface area contributed by atoms with E-state index in [-0.39, 0.29) is 18.1 Å². The zero-order chi connectivity index (χ0) is 18.9. The highest BCUT2D eigenvalue weighted by molar-refractivity contribution is 5.94. The van der Waals surface area contributed by atoms with Gasteiger partial charge in [0.15, 0.2) is 0 Å². The van der Waals surface area contributed by atoms with Gasteiger partial charge >= 0.3 is 0 Å². The third-order valence-corrected chi connectivity index (χ3v) is 4.87. The molecule has 0 bridgehead atoms. The van der Waals surface area contributed by atoms with Crippen molar-refractivity contribution in [3.05, 3.63) is 29.8 Å². The van der Waals surface area contributed by atoms with E-state index in [1.165, 1.54) is 18.5 Å². The Kier molecular flexibility index (Phi) is 8.39. The van der Waals surface area contributed by atoms with Gasteiger partial charge in [-0.1, -0.05) is 13.3 Å². The van der Waals surface area contributed by atoms with Crippen molar-refractivity contribution in [1.29, 1.82) is 0 Å². The van der Waals surface area contributed by atoms with Gasteiger partial charge in [0.25, 0.3) is 5.91 Å². The number of hydrogen-bond acceptors (Lipinski definition) is 4. The summed E-state index contributed by atoms with van der Waals surface area (Å²) in [5.41, 5.74) is 1.91. The minimum atomic E-state index is 0.00233. The zero-order valence-corrected chi connectivity index (χ0v) is 16.8. The van der Waals surface area contributed by atoms with E-state index in [4.69, 9.17) is 4.74 Å². The molecule has 146 valence electrons. The number of benzene rings is 1. The Morgan fingerprint density at radius 3 is 2.42 bits per heavy atom. The van der Waals surface area contributed by atoms with Crippen LogP contribution in [0.2, 0.25) is 0 Å². The van der Waals surface area contributed by atoms with Crippen molar-refractivity contribution in [2.75, 3.05) is 44.2 Å². The van der Waals surface area contributed by atoms with Crippen molar-refractivity contribution in [3.63, 3.8) is 0 Å². The van der Waals surface area contributed by atoms with Crippen molar-refractivity contribution in [2.24, 2.45) is 0 Å². The number of hydrogen-bond donors (Lipinski definition) is 1. The number of nitrogens with zero attached hydrogens (tertiary/aromatic N) is 2. The normalized spacial score (nSPS) is 20.8. The number of amides is 1. The first kappa shape index (κ1) is 20.7. The molecule has 2 unspecified atom stereocenters. The van der Waals surface area contributed by atoms with E-state index < -0.39 is 0 Å². The number of ether oxygens (including phenoxy) is 1. The van der Waals surface area contributed by atoms with Gasteiger partial charge in [-0.2, -0.15) is 0 Å². The molecular weight excluding hydrogens is 326 g/mol. The van der Waals surface area contributed by atoms with Crippen LogP contribution in [0.1, 0.15) is 50.9 Å². The fraction of sp³-hybridized carbons (Fsp3) is 0.667. The average Bonchev–Trinajstić information content (AvgIpc) is 2.62. The Balaban J connectivity index is 1.80. The largest absolute Gasteiger partial charge is 0.373 e. The molecule has 5 heteroatoms. The van der Waals surface area contributed by atoms with E-state index in [1.54, 1.807) is 0 Å². The highest BCUT2D eigenvalue weighted by atomic mass is 16.5. The van der Waals surface area contributed by atoms with Gasteiger partial charge < -0.3 is 15.0 Å². The van der Waals surface area contributed by atoms with E-state index in [0.717, 1.165) is 38.3 Å². The molecule has 2 atom stereocenters. The summed E-state index contributed by atoms with van der Waals surface area (Å²) in [4.78, 5) is 17.1. The fourth-order valence-corrected chi connectivity index (χ4v) is 3.54. The van der Waals surface area contributed by atoms with Crippen molar-refractivity contribution >= 4 is 11.6 Å². The number of rotatable bonds is 9. The summed E-state index contributed by atoms with van der Waals surface area (Å²) in [5, 5.41) is 3.04. The highest BCUT2D eigenvalue weighted by Gasteiger charge is 2.21. The monoisotopic (exact) mass is 361 g/mol. The second-order valence-corrected chi connectivity index (χ2v) is 7.25. The molecule has 1 aromatic carbocycles. The van der Waals surface area contributed by atoms with Gasteiger partial charge in [0.05, 0.1) is 12.2 Å². The SMILES string of the molecule is CCCCN(CC)c1ccc(C(=O)NCCN2CC(C)OC(C)C2)cc1. The molecule has 0 aliphatic carbocycles. The maximum Gasteiger partial charge on any atom is 0.251 e. The Labute approximate surface area is 158 Å². The Bertz CT molecular complexity index is 537. The first-order valence-electron chi connectivity index (χ1n) is 10.0. The average molecular weight is 362 g/mol. The molecule has 1 fully saturated rings. The molecule has 1 aliphatic heterocycles. The van der Waals surface area contributed by atoms with Crippen LogP contribution in [0.15, 0.2) is 24.3 Å². The smallest absolute Gasteiger partial charge is 0.251 e. The summed E-state index contributed by atoms with van der Waals surface area (Å²) in [6, 6.07) is 7.97. The molecular formula is C21H35N3O2. The van der Waals surface area contributed by atoms with Crippen molar-refractivity contribution < 1.29 is 9.53 Å². The Morgan fingerprint density at radius 2 is 1.85 bits per heavy atom. The van der Waals surface area contributed by atoms with Crippen LogP contribution in [-0.2, 0) is 4.74 Å². The maximum absolute atomic E-state index is 12.4. The molecule has 1 saturated heterocycles. The molecule has 1 heterocycles. The van der Waals surface area contributed by atoms with Gasteiger partial charge in [-0.3, -0.25) is 9.69 Å². The summed E-state index contributed by atoms with van der Waals surface area (Å²) < 4.78 is 5.74. The molecule has 0 saturated carbocycles. The first-order valence-corrected chi connectivity index (χ1v) is 10.0. The van der Waals surface area contributed by atoms with Crippen LogP contribution in [0.4, 0.5) is 5.69 Å². The second kappa shape index (κ2) is 10.5. The molecule has 0 aromatic heterocycles. The standard InChI is InChI=1S/C21H35N3O2/c1-5-7-13-24(6-2)20-10-8-19(9-11-20)21(25)22-12-14-23-15-17(3)26-18(4)16-23/h8-11,17-18H,5-7,12-16H2,1-4H3,(H,22,25). The van der Waals surface area contributed by atoms with Crippen LogP contribution >= 0.6 is 0 Å². The zero-order valence-electron chi connectivity index (χ0n) is 16.8. The van der Waals surface area contributed by atoms with E-state index in [2.05, 4.69) is 54.9 Å². The summed E-state index contributed by atoms with van der Waals surface area (Å²) in [7, 11) is 0. The summed E-state index contributed by atoms with van der Waals surface area (Å²) in [6.45, 7) is 14.0. The van der Waals surface area contributed by atoms with Crippen molar-refractivity contribution in [1.82, 2.24) is 10.2 Å². The lowest BCUT2D eigenvalue weighted by molar-refractivity contribution is -0.0672. The minimum Gasteiger partial charge on any atom is -0.373 e. The third kappa shape index (κ3) is 6.29. The van der Waals surface area contributed by atoms with E-state index in [9.17, 15) is 4.79 Å². The van der Waals surface area contributed by atoms with E-state index in [1.807, 2.05) is 12.1 Å². The number of unbranched alkanes of at least 4 members (excludes halogenated alkanes) is 1. The van der Waals surface area contributed by atoms with Crippen molar-refractivity contribution in [2.45, 2.75) is 52.7 Å². The predicted molar refractivity (Wildman–Crippen MR) is 108 cm³/mol. The molecule has 26 heavy (non-hydrogen) atoms. The topological polar surface area (TPSA) is 44.8 Å². The molecule has 1 amide bonds. The van der Waals surface area contributed by atoms with Gasteiger partial charge in [-0.05, 0) is 51.5 Å². The summed E-state index contributed by atoms with van der Waals surface area (Å²) in [5.74, 6) is 0.00233. The van der Waals surface area contributed by atoms with Gasteiger partial charge in [-0.25, -0.2) is 0 Å². The second-order valence-electron chi connectivity index (χ2n) is 7.25. The molecule has 5 nitrogen and oxygen atoms in total. The molecule has 1 N–H and O–H groups in total. The lowest BCUT2D eigenvalue weighted by atomic mass is 10.1. The van der Waals surface area contributed by atoms with Gasteiger partial charge in [0.1, 0.15) is 0 Å². The quantitative estimate of drug-likeness (QED) is 0.734. The number of nitrogens with one attached hydrogen (secondary N) is 1. The van der Waals surface area contributed by atoms with Crippen LogP contribution in [0.25, 0.3) is 0 Å². The lowest BCUT2D eigenvalue weighted by Crippen LogP contribution is -2.47. The first-order chi connectivity index (χ1) is 12.5. The van der Waals surface area contributed by atoms with E-state index >= 15 is 0 Å². The highest BCUT2D eigenvalue weighted by Crippen LogP contribution is 2.16. The molecule has 0 spiro atoms. The third-order valence-electron chi connectivity index (χ3n) is 4.87. The van der Waals surface area contributed by atoms with Crippen LogP contribution in [0.5, 0.6) is 0 Å². The molecule has 2 rings (SSSR count). The van der Waals surface area contributed by atoms with Crippen LogP contribution in [-0.4, -0.2) is 62.3 Å². The lowest BCUT2D eigenvalue weighted by Gasteiger charge is -2.35. The molecule has 1 aromatic rings. The predicted octanol–water partition coefficient (Wildman–Crippen LogP) is 3.15. The van der Waals surface area contributed by atoms with Gasteiger partial charge in [0.2, 0.25) is 0 Å². The van der Waals surface area contributed by atoms with Gasteiger partial charge in [0, 0.05) is 50.5 Å². The van der Waals surface area contributed by atoms with Crippen LogP contribution in [0.3, 0.4) is 0 Å². The number of morpholine rings is 1. The summed E-state index contributed by atoms with van der Waals surface area (Å²) >= 11 is 0. The minimum absolute atomic E-state index is 0.00233. The maximum atomic E-state index is 12.4. The number of carbonyl (C=O) groups excluding carboxylic acids is 1. The molecule has 1 aliphatic rings. The van der Waals surface area contributed by atoms with Crippen LogP contribution in [0, 0.1) is 0 Å². The van der Waals surface area contributed by atoms with E-state index in [0.29, 0.717) is 6.54 Å². The Morgan fingerprint density at radius 1 is 1.19 bits per heavy atom.